The van der Waals surface area contributed by atoms with Crippen molar-refractivity contribution in [2.75, 3.05) is 0 Å². The highest BCUT2D eigenvalue weighted by Gasteiger charge is 2.30. The lowest BCUT2D eigenvalue weighted by Gasteiger charge is -2.09. The lowest BCUT2D eigenvalue weighted by atomic mass is 10.1. The van der Waals surface area contributed by atoms with Crippen molar-refractivity contribution in [1.82, 2.24) is 15.5 Å². The van der Waals surface area contributed by atoms with Crippen LogP contribution in [0, 0.1) is 5.82 Å². The Morgan fingerprint density at radius 2 is 1.86 bits per heavy atom. The van der Waals surface area contributed by atoms with Crippen LogP contribution in [0.4, 0.5) is 17.6 Å². The largest absolute Gasteiger partial charge is 0.416 e. The topological polar surface area (TPSA) is 68.0 Å². The Morgan fingerprint density at radius 3 is 2.59 bits per heavy atom. The van der Waals surface area contributed by atoms with E-state index < -0.39 is 11.7 Å². The number of benzene rings is 2. The number of nitrogens with one attached hydrogen (secondary N) is 1. The molecule has 0 saturated carbocycles. The Kier molecular flexibility index (Phi) is 6.26. The van der Waals surface area contributed by atoms with Crippen molar-refractivity contribution < 1.29 is 26.9 Å². The molecule has 29 heavy (non-hydrogen) atoms. The van der Waals surface area contributed by atoms with E-state index in [0.29, 0.717) is 35.7 Å². The summed E-state index contributed by atoms with van der Waals surface area (Å²) in [5.74, 6) is 0.0123. The van der Waals surface area contributed by atoms with Crippen LogP contribution in [-0.2, 0) is 23.9 Å². The van der Waals surface area contributed by atoms with Crippen molar-refractivity contribution >= 4 is 5.91 Å². The standard InChI is InChI=1S/C20H17F4N3O2/c21-16-9-7-14(8-10-16)19-26-18(29-27-19)6-2-5-17(28)25-12-13-3-1-4-15(11-13)20(22,23)24/h1,3-4,7-11H,2,5-6,12H2,(H,25,28). The number of aryl methyl sites for hydroxylation is 1. The highest BCUT2D eigenvalue weighted by Crippen LogP contribution is 2.29. The summed E-state index contributed by atoms with van der Waals surface area (Å²) in [5, 5.41) is 6.41. The van der Waals surface area contributed by atoms with Gasteiger partial charge in [0.05, 0.1) is 5.56 Å². The molecule has 3 aromatic rings. The fraction of sp³-hybridized carbons (Fsp3) is 0.250. The average molecular weight is 407 g/mol. The van der Waals surface area contributed by atoms with Crippen molar-refractivity contribution in [2.24, 2.45) is 0 Å². The maximum Gasteiger partial charge on any atom is 0.416 e. The summed E-state index contributed by atoms with van der Waals surface area (Å²) in [6.45, 7) is 0.0119. The lowest BCUT2D eigenvalue weighted by Crippen LogP contribution is -2.22. The van der Waals surface area contributed by atoms with Crippen molar-refractivity contribution in [3.8, 4) is 11.4 Å². The van der Waals surface area contributed by atoms with Gasteiger partial charge in [-0.3, -0.25) is 4.79 Å². The molecule has 0 aliphatic carbocycles. The van der Waals surface area contributed by atoms with Crippen LogP contribution in [0.15, 0.2) is 53.1 Å². The van der Waals surface area contributed by atoms with Crippen molar-refractivity contribution in [2.45, 2.75) is 32.0 Å². The predicted octanol–water partition coefficient (Wildman–Crippen LogP) is 4.53. The van der Waals surface area contributed by atoms with Gasteiger partial charge in [-0.2, -0.15) is 18.2 Å². The number of hydrogen-bond donors (Lipinski definition) is 1. The number of nitrogens with zero attached hydrogens (tertiary/aromatic N) is 2. The van der Waals surface area contributed by atoms with Crippen LogP contribution in [0.3, 0.4) is 0 Å². The molecule has 1 heterocycles. The van der Waals surface area contributed by atoms with E-state index in [0.717, 1.165) is 12.1 Å². The quantitative estimate of drug-likeness (QED) is 0.584. The van der Waals surface area contributed by atoms with Crippen LogP contribution in [0.5, 0.6) is 0 Å². The van der Waals surface area contributed by atoms with E-state index in [4.69, 9.17) is 4.52 Å². The van der Waals surface area contributed by atoms with E-state index in [1.807, 2.05) is 0 Å². The normalized spacial score (nSPS) is 11.4. The molecule has 0 radical (unpaired) electrons. The molecular formula is C20H17F4N3O2. The number of carbonyl (C=O) groups excluding carboxylic acids is 1. The number of hydrogen-bond acceptors (Lipinski definition) is 4. The second-order valence-corrected chi connectivity index (χ2v) is 6.35. The highest BCUT2D eigenvalue weighted by atomic mass is 19.4. The number of carbonyl (C=O) groups is 1. The molecule has 0 unspecified atom stereocenters. The first-order chi connectivity index (χ1) is 13.8. The van der Waals surface area contributed by atoms with Crippen LogP contribution >= 0.6 is 0 Å². The van der Waals surface area contributed by atoms with Gasteiger partial charge in [-0.05, 0) is 48.4 Å². The second kappa shape index (κ2) is 8.85. The lowest BCUT2D eigenvalue weighted by molar-refractivity contribution is -0.137. The maximum absolute atomic E-state index is 12.9. The monoisotopic (exact) mass is 407 g/mol. The van der Waals surface area contributed by atoms with E-state index in [1.54, 1.807) is 0 Å². The van der Waals surface area contributed by atoms with Crippen LogP contribution in [0.2, 0.25) is 0 Å². The summed E-state index contributed by atoms with van der Waals surface area (Å²) in [7, 11) is 0. The minimum Gasteiger partial charge on any atom is -0.352 e. The van der Waals surface area contributed by atoms with Gasteiger partial charge in [0.25, 0.3) is 0 Å². The SMILES string of the molecule is O=C(CCCc1nc(-c2ccc(F)cc2)no1)NCc1cccc(C(F)(F)F)c1. The van der Waals surface area contributed by atoms with Crippen LogP contribution in [0.25, 0.3) is 11.4 Å². The number of halogens is 4. The number of aromatic nitrogens is 2. The minimum atomic E-state index is -4.42. The first kappa shape index (κ1) is 20.5. The van der Waals surface area contributed by atoms with Gasteiger partial charge in [-0.1, -0.05) is 17.3 Å². The van der Waals surface area contributed by atoms with Gasteiger partial charge in [-0.25, -0.2) is 4.39 Å². The number of rotatable bonds is 7. The molecule has 1 N–H and O–H groups in total. The second-order valence-electron chi connectivity index (χ2n) is 6.35. The average Bonchev–Trinajstić information content (AvgIpc) is 3.15. The molecular weight excluding hydrogens is 390 g/mol. The molecule has 1 amide bonds. The highest BCUT2D eigenvalue weighted by molar-refractivity contribution is 5.75. The number of amides is 1. The third-order valence-corrected chi connectivity index (χ3v) is 4.11. The van der Waals surface area contributed by atoms with Gasteiger partial charge < -0.3 is 9.84 Å². The molecule has 0 bridgehead atoms. The van der Waals surface area contributed by atoms with E-state index in [1.165, 1.54) is 36.4 Å². The van der Waals surface area contributed by atoms with Gasteiger partial charge in [0.15, 0.2) is 0 Å². The molecule has 9 heteroatoms. The molecule has 3 rings (SSSR count). The summed E-state index contributed by atoms with van der Waals surface area (Å²) < 4.78 is 56.1. The first-order valence-corrected chi connectivity index (χ1v) is 8.82. The summed E-state index contributed by atoms with van der Waals surface area (Å²) in [6.07, 6.45) is -3.46. The Balaban J connectivity index is 1.44. The molecule has 5 nitrogen and oxygen atoms in total. The summed E-state index contributed by atoms with van der Waals surface area (Å²) in [5.41, 5.74) is 0.229. The van der Waals surface area contributed by atoms with Gasteiger partial charge in [0.1, 0.15) is 5.82 Å². The molecule has 0 saturated heterocycles. The Morgan fingerprint density at radius 1 is 1.10 bits per heavy atom. The molecule has 0 spiro atoms. The number of alkyl halides is 3. The zero-order valence-corrected chi connectivity index (χ0v) is 15.2. The first-order valence-electron chi connectivity index (χ1n) is 8.82. The van der Waals surface area contributed by atoms with Crippen molar-refractivity contribution in [3.63, 3.8) is 0 Å². The van der Waals surface area contributed by atoms with E-state index in [2.05, 4.69) is 15.5 Å². The van der Waals surface area contributed by atoms with Crippen LogP contribution < -0.4 is 5.32 Å². The van der Waals surface area contributed by atoms with Gasteiger partial charge in [0.2, 0.25) is 17.6 Å². The minimum absolute atomic E-state index is 0.0119. The Labute approximate surface area is 163 Å². The zero-order chi connectivity index (χ0) is 20.9. The van der Waals surface area contributed by atoms with Gasteiger partial charge in [0, 0.05) is 24.9 Å². The van der Waals surface area contributed by atoms with Crippen molar-refractivity contribution in [3.05, 3.63) is 71.4 Å². The van der Waals surface area contributed by atoms with E-state index >= 15 is 0 Å². The fourth-order valence-corrected chi connectivity index (χ4v) is 2.62. The smallest absolute Gasteiger partial charge is 0.352 e. The summed E-state index contributed by atoms with van der Waals surface area (Å²) in [6, 6.07) is 10.5. The molecule has 2 aromatic carbocycles. The van der Waals surface area contributed by atoms with Gasteiger partial charge >= 0.3 is 6.18 Å². The van der Waals surface area contributed by atoms with Crippen molar-refractivity contribution in [1.29, 1.82) is 0 Å². The zero-order valence-electron chi connectivity index (χ0n) is 15.2. The molecule has 0 atom stereocenters. The third-order valence-electron chi connectivity index (χ3n) is 4.11. The Hall–Kier alpha value is -3.23. The Bertz CT molecular complexity index is 968. The molecule has 152 valence electrons. The van der Waals surface area contributed by atoms with Crippen LogP contribution in [0.1, 0.15) is 29.9 Å². The summed E-state index contributed by atoms with van der Waals surface area (Å²) in [4.78, 5) is 16.1. The van der Waals surface area contributed by atoms with E-state index in [-0.39, 0.29) is 24.7 Å². The molecule has 0 aliphatic rings. The fourth-order valence-electron chi connectivity index (χ4n) is 2.62. The summed E-state index contributed by atoms with van der Waals surface area (Å²) >= 11 is 0. The molecule has 0 fully saturated rings. The molecule has 0 aliphatic heterocycles. The van der Waals surface area contributed by atoms with Gasteiger partial charge in [-0.15, -0.1) is 0 Å². The third kappa shape index (κ3) is 5.87. The van der Waals surface area contributed by atoms with E-state index in [9.17, 15) is 22.4 Å². The predicted molar refractivity (Wildman–Crippen MR) is 95.9 cm³/mol. The molecule has 1 aromatic heterocycles. The van der Waals surface area contributed by atoms with Crippen LogP contribution in [-0.4, -0.2) is 16.0 Å². The maximum atomic E-state index is 12.9.